The minimum absolute atomic E-state index is 0.188. The third kappa shape index (κ3) is 2.96. The second-order valence-electron chi connectivity index (χ2n) is 4.29. The number of H-pyrrole nitrogens is 1. The molecule has 0 bridgehead atoms. The van der Waals surface area contributed by atoms with Crippen LogP contribution in [0.2, 0.25) is 0 Å². The van der Waals surface area contributed by atoms with Crippen LogP contribution in [0.4, 0.5) is 0 Å². The molecule has 2 heterocycles. The first kappa shape index (κ1) is 12.8. The molecule has 0 spiro atoms. The van der Waals surface area contributed by atoms with E-state index in [2.05, 4.69) is 14.9 Å². The van der Waals surface area contributed by atoms with Crippen molar-refractivity contribution in [1.82, 2.24) is 14.9 Å². The number of carboxylic acids is 1. The zero-order chi connectivity index (χ0) is 13.1. The van der Waals surface area contributed by atoms with Crippen LogP contribution in [0.5, 0.6) is 0 Å². The van der Waals surface area contributed by atoms with Crippen LogP contribution in [-0.2, 0) is 6.42 Å². The maximum Gasteiger partial charge on any atom is 0.352 e. The Morgan fingerprint density at radius 3 is 2.94 bits per heavy atom. The Morgan fingerprint density at radius 1 is 1.56 bits per heavy atom. The van der Waals surface area contributed by atoms with Gasteiger partial charge >= 0.3 is 5.97 Å². The van der Waals surface area contributed by atoms with E-state index in [0.29, 0.717) is 0 Å². The fraction of sp³-hybridized carbons (Fsp3) is 0.333. The summed E-state index contributed by atoms with van der Waals surface area (Å²) in [7, 11) is 4.06. The second kappa shape index (κ2) is 5.32. The van der Waals surface area contributed by atoms with Gasteiger partial charge in [-0.2, -0.15) is 0 Å². The molecule has 2 rings (SSSR count). The summed E-state index contributed by atoms with van der Waals surface area (Å²) < 4.78 is 0. The lowest BCUT2D eigenvalue weighted by Gasteiger charge is -2.06. The Morgan fingerprint density at radius 2 is 2.33 bits per heavy atom. The van der Waals surface area contributed by atoms with Gasteiger partial charge in [-0.1, -0.05) is 0 Å². The molecule has 0 aliphatic carbocycles. The molecule has 2 aromatic heterocycles. The van der Waals surface area contributed by atoms with Gasteiger partial charge in [0.1, 0.15) is 5.69 Å². The summed E-state index contributed by atoms with van der Waals surface area (Å²) in [6.45, 7) is 0.959. The molecule has 0 saturated heterocycles. The van der Waals surface area contributed by atoms with E-state index >= 15 is 0 Å². The van der Waals surface area contributed by atoms with E-state index in [1.165, 1.54) is 0 Å². The third-order valence-electron chi connectivity index (χ3n) is 2.53. The molecule has 96 valence electrons. The van der Waals surface area contributed by atoms with Gasteiger partial charge in [-0.05, 0) is 20.2 Å². The van der Waals surface area contributed by atoms with Crippen LogP contribution in [0.25, 0.3) is 11.3 Å². The van der Waals surface area contributed by atoms with Gasteiger partial charge < -0.3 is 15.0 Å². The fourth-order valence-electron chi connectivity index (χ4n) is 1.54. The highest BCUT2D eigenvalue weighted by Gasteiger charge is 2.10. The summed E-state index contributed by atoms with van der Waals surface area (Å²) in [5, 5.41) is 11.9. The second-order valence-corrected chi connectivity index (χ2v) is 5.23. The van der Waals surface area contributed by atoms with Crippen LogP contribution in [0.1, 0.15) is 15.5 Å². The number of nitrogens with zero attached hydrogens (tertiary/aromatic N) is 2. The van der Waals surface area contributed by atoms with Crippen molar-refractivity contribution in [3.63, 3.8) is 0 Å². The lowest BCUT2D eigenvalue weighted by atomic mass is 10.2. The molecular formula is C12H15N3O2S. The van der Waals surface area contributed by atoms with Crippen molar-refractivity contribution < 1.29 is 9.90 Å². The minimum atomic E-state index is -0.954. The van der Waals surface area contributed by atoms with E-state index < -0.39 is 5.97 Å². The Labute approximate surface area is 109 Å². The van der Waals surface area contributed by atoms with Crippen molar-refractivity contribution in [2.24, 2.45) is 0 Å². The Hall–Kier alpha value is -1.66. The molecule has 2 aromatic rings. The molecule has 0 aliphatic rings. The molecule has 0 radical (unpaired) electrons. The number of thiazole rings is 1. The van der Waals surface area contributed by atoms with Gasteiger partial charge in [-0.3, -0.25) is 0 Å². The van der Waals surface area contributed by atoms with Crippen LogP contribution in [0.3, 0.4) is 0 Å². The molecule has 0 saturated carbocycles. The van der Waals surface area contributed by atoms with Crippen molar-refractivity contribution >= 4 is 17.3 Å². The zero-order valence-corrected chi connectivity index (χ0v) is 11.1. The average molecular weight is 265 g/mol. The number of aromatic carboxylic acids is 1. The number of likely N-dealkylation sites (N-methyl/N-ethyl adjacent to an activating group) is 1. The van der Waals surface area contributed by atoms with Crippen molar-refractivity contribution in [1.29, 1.82) is 0 Å². The predicted molar refractivity (Wildman–Crippen MR) is 71.1 cm³/mol. The maximum atomic E-state index is 10.8. The fourth-order valence-corrected chi connectivity index (χ4v) is 2.34. The lowest BCUT2D eigenvalue weighted by molar-refractivity contribution is 0.0691. The molecule has 0 aromatic carbocycles. The number of aromatic amines is 1. The van der Waals surface area contributed by atoms with Gasteiger partial charge in [0.05, 0.1) is 10.7 Å². The van der Waals surface area contributed by atoms with E-state index in [1.807, 2.05) is 19.5 Å². The van der Waals surface area contributed by atoms with Crippen molar-refractivity contribution in [3.05, 3.63) is 28.3 Å². The summed E-state index contributed by atoms with van der Waals surface area (Å²) in [5.41, 5.74) is 1.84. The van der Waals surface area contributed by atoms with Gasteiger partial charge in [0, 0.05) is 30.1 Å². The van der Waals surface area contributed by atoms with Crippen molar-refractivity contribution in [2.45, 2.75) is 6.42 Å². The highest BCUT2D eigenvalue weighted by molar-refractivity contribution is 7.09. The third-order valence-corrected chi connectivity index (χ3v) is 3.44. The van der Waals surface area contributed by atoms with E-state index in [4.69, 9.17) is 5.11 Å². The Bertz CT molecular complexity index is 545. The highest BCUT2D eigenvalue weighted by atomic mass is 32.1. The molecule has 18 heavy (non-hydrogen) atoms. The largest absolute Gasteiger partial charge is 0.477 e. The number of hydrogen-bond donors (Lipinski definition) is 2. The quantitative estimate of drug-likeness (QED) is 0.867. The number of nitrogens with one attached hydrogen (secondary N) is 1. The summed E-state index contributed by atoms with van der Waals surface area (Å²) in [4.78, 5) is 20.1. The number of hydrogen-bond acceptors (Lipinski definition) is 4. The molecule has 2 N–H and O–H groups in total. The van der Waals surface area contributed by atoms with Crippen LogP contribution in [0.15, 0.2) is 17.6 Å². The lowest BCUT2D eigenvalue weighted by Crippen LogP contribution is -2.14. The topological polar surface area (TPSA) is 69.2 Å². The Balaban J connectivity index is 2.11. The van der Waals surface area contributed by atoms with Gasteiger partial charge in [0.15, 0.2) is 0 Å². The molecule has 0 unspecified atom stereocenters. The SMILES string of the molecule is CN(C)CCc1nc(-c2c[nH]c(C(=O)O)c2)cs1. The van der Waals surface area contributed by atoms with Crippen molar-refractivity contribution in [2.75, 3.05) is 20.6 Å². The van der Waals surface area contributed by atoms with Gasteiger partial charge in [0.25, 0.3) is 0 Å². The molecule has 0 atom stereocenters. The van der Waals surface area contributed by atoms with E-state index in [1.54, 1.807) is 23.6 Å². The van der Waals surface area contributed by atoms with Crippen LogP contribution in [0, 0.1) is 0 Å². The smallest absolute Gasteiger partial charge is 0.352 e. The van der Waals surface area contributed by atoms with Gasteiger partial charge in [-0.15, -0.1) is 11.3 Å². The molecule has 0 aliphatic heterocycles. The summed E-state index contributed by atoms with van der Waals surface area (Å²) in [6, 6.07) is 1.60. The number of aromatic nitrogens is 2. The summed E-state index contributed by atoms with van der Waals surface area (Å²) in [6.07, 6.45) is 2.59. The molecule has 5 nitrogen and oxygen atoms in total. The number of carboxylic acid groups (broad SMARTS) is 1. The summed E-state index contributed by atoms with van der Waals surface area (Å²) in [5.74, 6) is -0.954. The standard InChI is InChI=1S/C12H15N3O2S/c1-15(2)4-3-11-14-10(7-18-11)8-5-9(12(16)17)13-6-8/h5-7,13H,3-4H2,1-2H3,(H,16,17). The molecule has 0 amide bonds. The van der Waals surface area contributed by atoms with Crippen molar-refractivity contribution in [3.8, 4) is 11.3 Å². The number of carbonyl (C=O) groups is 1. The van der Waals surface area contributed by atoms with E-state index in [-0.39, 0.29) is 5.69 Å². The molecule has 6 heteroatoms. The molecular weight excluding hydrogens is 250 g/mol. The van der Waals surface area contributed by atoms with Crippen LogP contribution < -0.4 is 0 Å². The molecule has 0 fully saturated rings. The summed E-state index contributed by atoms with van der Waals surface area (Å²) >= 11 is 1.60. The van der Waals surface area contributed by atoms with Crippen LogP contribution >= 0.6 is 11.3 Å². The van der Waals surface area contributed by atoms with E-state index in [0.717, 1.165) is 29.2 Å². The first-order valence-electron chi connectivity index (χ1n) is 5.57. The maximum absolute atomic E-state index is 10.8. The predicted octanol–water partition coefficient (Wildman–Crippen LogP) is 1.94. The van der Waals surface area contributed by atoms with Gasteiger partial charge in [-0.25, -0.2) is 9.78 Å². The normalized spacial score (nSPS) is 11.1. The van der Waals surface area contributed by atoms with Gasteiger partial charge in [0.2, 0.25) is 0 Å². The number of rotatable bonds is 5. The zero-order valence-electron chi connectivity index (χ0n) is 10.3. The first-order chi connectivity index (χ1) is 8.56. The Kier molecular flexibility index (Phi) is 3.78. The average Bonchev–Trinajstić information content (AvgIpc) is 2.95. The highest BCUT2D eigenvalue weighted by Crippen LogP contribution is 2.23. The first-order valence-corrected chi connectivity index (χ1v) is 6.45. The van der Waals surface area contributed by atoms with E-state index in [9.17, 15) is 4.79 Å². The monoisotopic (exact) mass is 265 g/mol. The van der Waals surface area contributed by atoms with Crippen LogP contribution in [-0.4, -0.2) is 46.6 Å². The minimum Gasteiger partial charge on any atom is -0.477 e.